The second kappa shape index (κ2) is 6.24. The van der Waals surface area contributed by atoms with E-state index in [9.17, 15) is 0 Å². The molecule has 2 aromatic carbocycles. The molecule has 0 unspecified atom stereocenters. The Balaban J connectivity index is 2.00. The Morgan fingerprint density at radius 3 is 2.62 bits per heavy atom. The number of pyridine rings is 1. The highest BCUT2D eigenvalue weighted by Gasteiger charge is 2.07. The minimum atomic E-state index is 0.612. The van der Waals surface area contributed by atoms with E-state index in [1.165, 1.54) is 5.56 Å². The van der Waals surface area contributed by atoms with Crippen LogP contribution in [0.3, 0.4) is 0 Å². The quantitative estimate of drug-likeness (QED) is 0.757. The van der Waals surface area contributed by atoms with Crippen molar-refractivity contribution < 1.29 is 4.74 Å². The molecule has 0 spiro atoms. The Labute approximate surface area is 132 Å². The number of rotatable bonds is 4. The lowest BCUT2D eigenvalue weighted by atomic mass is 10.1. The third-order valence-electron chi connectivity index (χ3n) is 3.18. The first-order valence-electron chi connectivity index (χ1n) is 6.73. The van der Waals surface area contributed by atoms with Crippen LogP contribution in [-0.2, 0) is 6.54 Å². The number of aromatic nitrogens is 1. The third-order valence-corrected chi connectivity index (χ3v) is 3.71. The number of hydrogen-bond donors (Lipinski definition) is 1. The van der Waals surface area contributed by atoms with Crippen LogP contribution in [0, 0.1) is 0 Å². The summed E-state index contributed by atoms with van der Waals surface area (Å²) >= 11 is 3.42. The lowest BCUT2D eigenvalue weighted by Gasteiger charge is -2.10. The van der Waals surface area contributed by atoms with Crippen LogP contribution in [0.15, 0.2) is 59.1 Å². The van der Waals surface area contributed by atoms with E-state index >= 15 is 0 Å². The number of fused-ring (bicyclic) bond motifs is 1. The number of nitrogens with one attached hydrogen (secondary N) is 1. The molecule has 0 fully saturated rings. The number of benzene rings is 2. The molecule has 4 heteroatoms. The first-order valence-corrected chi connectivity index (χ1v) is 7.52. The van der Waals surface area contributed by atoms with Crippen molar-refractivity contribution in [2.45, 2.75) is 6.54 Å². The minimum absolute atomic E-state index is 0.612. The number of ether oxygens (including phenoxy) is 1. The molecule has 3 aromatic rings. The van der Waals surface area contributed by atoms with E-state index < -0.39 is 0 Å². The predicted molar refractivity (Wildman–Crippen MR) is 88.7 cm³/mol. The van der Waals surface area contributed by atoms with Gasteiger partial charge in [-0.1, -0.05) is 34.1 Å². The van der Waals surface area contributed by atoms with Crippen LogP contribution in [0.1, 0.15) is 5.56 Å². The molecule has 21 heavy (non-hydrogen) atoms. The van der Waals surface area contributed by atoms with Crippen LogP contribution in [0.5, 0.6) is 11.6 Å². The predicted octanol–water partition coefficient (Wildman–Crippen LogP) is 4.51. The molecule has 0 bridgehead atoms. The van der Waals surface area contributed by atoms with Gasteiger partial charge in [-0.05, 0) is 42.9 Å². The van der Waals surface area contributed by atoms with Gasteiger partial charge in [0.2, 0.25) is 5.88 Å². The molecule has 0 aliphatic rings. The Morgan fingerprint density at radius 1 is 1.10 bits per heavy atom. The number of para-hydroxylation sites is 1. The van der Waals surface area contributed by atoms with E-state index in [2.05, 4.69) is 32.3 Å². The van der Waals surface area contributed by atoms with Crippen molar-refractivity contribution in [3.8, 4) is 11.6 Å². The zero-order valence-corrected chi connectivity index (χ0v) is 13.2. The average Bonchev–Trinajstić information content (AvgIpc) is 2.50. The van der Waals surface area contributed by atoms with Crippen molar-refractivity contribution in [2.75, 3.05) is 7.05 Å². The summed E-state index contributed by atoms with van der Waals surface area (Å²) < 4.78 is 6.89. The molecule has 0 radical (unpaired) electrons. The van der Waals surface area contributed by atoms with Gasteiger partial charge in [-0.15, -0.1) is 0 Å². The van der Waals surface area contributed by atoms with Crippen LogP contribution in [0.4, 0.5) is 0 Å². The Hall–Kier alpha value is -1.91. The van der Waals surface area contributed by atoms with Crippen molar-refractivity contribution >= 4 is 26.8 Å². The highest BCUT2D eigenvalue weighted by molar-refractivity contribution is 9.10. The zero-order chi connectivity index (χ0) is 14.7. The summed E-state index contributed by atoms with van der Waals surface area (Å²) in [7, 11) is 1.93. The van der Waals surface area contributed by atoms with Gasteiger partial charge in [0.15, 0.2) is 0 Å². The van der Waals surface area contributed by atoms with E-state index in [-0.39, 0.29) is 0 Å². The van der Waals surface area contributed by atoms with Gasteiger partial charge in [0.1, 0.15) is 5.75 Å². The van der Waals surface area contributed by atoms with E-state index in [4.69, 9.17) is 4.74 Å². The molecular weight excluding hydrogens is 328 g/mol. The van der Waals surface area contributed by atoms with E-state index in [1.54, 1.807) is 0 Å². The third kappa shape index (κ3) is 3.23. The molecule has 0 saturated heterocycles. The van der Waals surface area contributed by atoms with Gasteiger partial charge in [-0.25, -0.2) is 4.98 Å². The van der Waals surface area contributed by atoms with Gasteiger partial charge in [0.05, 0.1) is 5.52 Å². The number of halogens is 1. The van der Waals surface area contributed by atoms with Crippen LogP contribution in [-0.4, -0.2) is 12.0 Å². The maximum Gasteiger partial charge on any atom is 0.220 e. The second-order valence-electron chi connectivity index (χ2n) is 4.72. The summed E-state index contributed by atoms with van der Waals surface area (Å²) in [5.74, 6) is 1.39. The van der Waals surface area contributed by atoms with Crippen molar-refractivity contribution in [3.63, 3.8) is 0 Å². The normalized spacial score (nSPS) is 10.8. The molecule has 3 rings (SSSR count). The molecule has 1 heterocycles. The Morgan fingerprint density at radius 2 is 1.86 bits per heavy atom. The molecular formula is C17H15BrN2O. The van der Waals surface area contributed by atoms with Crippen LogP contribution in [0.2, 0.25) is 0 Å². The molecule has 0 amide bonds. The largest absolute Gasteiger partial charge is 0.439 e. The van der Waals surface area contributed by atoms with Gasteiger partial charge in [0.25, 0.3) is 0 Å². The van der Waals surface area contributed by atoms with Crippen LogP contribution >= 0.6 is 15.9 Å². The fourth-order valence-electron chi connectivity index (χ4n) is 2.23. The topological polar surface area (TPSA) is 34.1 Å². The lowest BCUT2D eigenvalue weighted by molar-refractivity contribution is 0.464. The molecule has 0 aliphatic heterocycles. The van der Waals surface area contributed by atoms with Crippen LogP contribution < -0.4 is 10.1 Å². The second-order valence-corrected chi connectivity index (χ2v) is 5.64. The summed E-state index contributed by atoms with van der Waals surface area (Å²) in [5, 5.41) is 4.33. The van der Waals surface area contributed by atoms with Crippen molar-refractivity contribution in [1.29, 1.82) is 0 Å². The van der Waals surface area contributed by atoms with Gasteiger partial charge in [0, 0.05) is 22.5 Å². The maximum atomic E-state index is 5.87. The lowest BCUT2D eigenvalue weighted by Crippen LogP contribution is -2.06. The molecule has 0 aliphatic carbocycles. The van der Waals surface area contributed by atoms with E-state index in [1.807, 2.05) is 55.6 Å². The molecule has 3 nitrogen and oxygen atoms in total. The zero-order valence-electron chi connectivity index (χ0n) is 11.6. The summed E-state index contributed by atoms with van der Waals surface area (Å²) in [6.07, 6.45) is 0. The summed E-state index contributed by atoms with van der Waals surface area (Å²) in [4.78, 5) is 4.57. The summed E-state index contributed by atoms with van der Waals surface area (Å²) in [6.45, 7) is 0.778. The summed E-state index contributed by atoms with van der Waals surface area (Å²) in [6, 6.07) is 17.8. The molecule has 0 atom stereocenters. The van der Waals surface area contributed by atoms with Crippen LogP contribution in [0.25, 0.3) is 10.9 Å². The monoisotopic (exact) mass is 342 g/mol. The molecule has 106 valence electrons. The molecule has 1 N–H and O–H groups in total. The Bertz CT molecular complexity index is 756. The van der Waals surface area contributed by atoms with Crippen molar-refractivity contribution in [1.82, 2.24) is 10.3 Å². The Kier molecular flexibility index (Phi) is 4.18. The minimum Gasteiger partial charge on any atom is -0.439 e. The first-order chi connectivity index (χ1) is 10.3. The molecule has 0 saturated carbocycles. The smallest absolute Gasteiger partial charge is 0.220 e. The highest BCUT2D eigenvalue weighted by Crippen LogP contribution is 2.26. The first kappa shape index (κ1) is 14.0. The van der Waals surface area contributed by atoms with Gasteiger partial charge >= 0.3 is 0 Å². The molecule has 1 aromatic heterocycles. The maximum absolute atomic E-state index is 5.87. The van der Waals surface area contributed by atoms with Crippen molar-refractivity contribution in [2.24, 2.45) is 0 Å². The fraction of sp³-hybridized carbons (Fsp3) is 0.118. The SMILES string of the molecule is CNCc1cc(Oc2ccc(Br)cc2)nc2ccccc12. The van der Waals surface area contributed by atoms with Gasteiger partial charge < -0.3 is 10.1 Å². The number of nitrogens with zero attached hydrogens (tertiary/aromatic N) is 1. The van der Waals surface area contributed by atoms with E-state index in [0.29, 0.717) is 5.88 Å². The fourth-order valence-corrected chi connectivity index (χ4v) is 2.50. The van der Waals surface area contributed by atoms with E-state index in [0.717, 1.165) is 27.7 Å². The standard InChI is InChI=1S/C17H15BrN2O/c1-19-11-12-10-17(20-16-5-3-2-4-15(12)16)21-14-8-6-13(18)7-9-14/h2-10,19H,11H2,1H3. The van der Waals surface area contributed by atoms with Crippen molar-refractivity contribution in [3.05, 3.63) is 64.6 Å². The van der Waals surface area contributed by atoms with Gasteiger partial charge in [-0.2, -0.15) is 0 Å². The summed E-state index contributed by atoms with van der Waals surface area (Å²) in [5.41, 5.74) is 2.12. The highest BCUT2D eigenvalue weighted by atomic mass is 79.9. The van der Waals surface area contributed by atoms with Gasteiger partial charge in [-0.3, -0.25) is 0 Å². The average molecular weight is 343 g/mol. The number of hydrogen-bond acceptors (Lipinski definition) is 3.